The van der Waals surface area contributed by atoms with E-state index in [1.165, 1.54) is 0 Å². The normalized spacial score (nSPS) is 20.7. The molecular formula is C9H15N3. The van der Waals surface area contributed by atoms with E-state index in [0.29, 0.717) is 5.70 Å². The zero-order valence-electron chi connectivity index (χ0n) is 7.72. The van der Waals surface area contributed by atoms with Crippen LogP contribution in [-0.4, -0.2) is 25.6 Å². The maximum Gasteiger partial charge on any atom is 0.146 e. The van der Waals surface area contributed by atoms with Gasteiger partial charge in [-0.05, 0) is 6.72 Å². The number of hydrogen-bond donors (Lipinski definition) is 1. The second kappa shape index (κ2) is 3.09. The summed E-state index contributed by atoms with van der Waals surface area (Å²) in [5, 5.41) is 3.18. The van der Waals surface area contributed by atoms with E-state index in [-0.39, 0.29) is 5.41 Å². The van der Waals surface area contributed by atoms with E-state index < -0.39 is 0 Å². The highest BCUT2D eigenvalue weighted by atomic mass is 15.1. The van der Waals surface area contributed by atoms with Crippen LogP contribution in [-0.2, 0) is 0 Å². The van der Waals surface area contributed by atoms with Gasteiger partial charge in [0, 0.05) is 18.5 Å². The summed E-state index contributed by atoms with van der Waals surface area (Å²) in [6, 6.07) is 0. The zero-order valence-corrected chi connectivity index (χ0v) is 7.72. The van der Waals surface area contributed by atoms with Gasteiger partial charge in [0.15, 0.2) is 0 Å². The molecule has 0 aromatic heterocycles. The highest BCUT2D eigenvalue weighted by molar-refractivity contribution is 5.98. The second-order valence-corrected chi connectivity index (χ2v) is 3.79. The molecule has 1 aliphatic heterocycles. The highest BCUT2D eigenvalue weighted by Gasteiger charge is 2.22. The van der Waals surface area contributed by atoms with Crippen LogP contribution in [0.1, 0.15) is 13.8 Å². The lowest BCUT2D eigenvalue weighted by Gasteiger charge is -2.28. The van der Waals surface area contributed by atoms with Gasteiger partial charge in [-0.15, -0.1) is 0 Å². The first-order valence-electron chi connectivity index (χ1n) is 3.99. The molecule has 1 rings (SSSR count). The Balaban J connectivity index is 2.68. The Hall–Kier alpha value is -1.12. The molecular weight excluding hydrogens is 150 g/mol. The van der Waals surface area contributed by atoms with E-state index in [1.54, 1.807) is 0 Å². The molecule has 12 heavy (non-hydrogen) atoms. The Labute approximate surface area is 73.3 Å². The molecule has 0 saturated carbocycles. The van der Waals surface area contributed by atoms with Crippen molar-refractivity contribution in [3.8, 4) is 0 Å². The molecule has 0 aliphatic carbocycles. The molecule has 0 unspecified atom stereocenters. The van der Waals surface area contributed by atoms with Crippen molar-refractivity contribution >= 4 is 12.6 Å². The van der Waals surface area contributed by atoms with Gasteiger partial charge in [-0.2, -0.15) is 0 Å². The van der Waals surface area contributed by atoms with Crippen molar-refractivity contribution in [1.29, 1.82) is 0 Å². The van der Waals surface area contributed by atoms with E-state index in [2.05, 4.69) is 42.4 Å². The van der Waals surface area contributed by atoms with Crippen LogP contribution in [0, 0.1) is 5.41 Å². The second-order valence-electron chi connectivity index (χ2n) is 3.79. The number of amidine groups is 1. The van der Waals surface area contributed by atoms with Gasteiger partial charge >= 0.3 is 0 Å². The van der Waals surface area contributed by atoms with E-state index in [9.17, 15) is 0 Å². The fraction of sp³-hybridized carbons (Fsp3) is 0.556. The summed E-state index contributed by atoms with van der Waals surface area (Å²) in [6.07, 6.45) is 0. The Bertz CT molecular complexity index is 238. The molecule has 1 N–H and O–H groups in total. The van der Waals surface area contributed by atoms with Gasteiger partial charge in [-0.1, -0.05) is 20.4 Å². The molecule has 0 radical (unpaired) electrons. The first-order valence-corrected chi connectivity index (χ1v) is 3.99. The summed E-state index contributed by atoms with van der Waals surface area (Å²) in [4.78, 5) is 8.05. The van der Waals surface area contributed by atoms with Gasteiger partial charge in [0.1, 0.15) is 5.84 Å². The summed E-state index contributed by atoms with van der Waals surface area (Å²) in [6.45, 7) is 13.2. The third-order valence-corrected chi connectivity index (χ3v) is 1.86. The summed E-state index contributed by atoms with van der Waals surface area (Å²) < 4.78 is 0. The third kappa shape index (κ3) is 1.94. The lowest BCUT2D eigenvalue weighted by atomic mass is 9.92. The van der Waals surface area contributed by atoms with Crippen LogP contribution in [0.4, 0.5) is 0 Å². The molecule has 0 spiro atoms. The van der Waals surface area contributed by atoms with E-state index >= 15 is 0 Å². The van der Waals surface area contributed by atoms with Crippen molar-refractivity contribution in [3.63, 3.8) is 0 Å². The van der Waals surface area contributed by atoms with Gasteiger partial charge in [0.05, 0.1) is 5.70 Å². The lowest BCUT2D eigenvalue weighted by molar-refractivity contribution is 0.362. The average Bonchev–Trinajstić information content (AvgIpc) is 2.03. The molecule has 66 valence electrons. The average molecular weight is 165 g/mol. The van der Waals surface area contributed by atoms with Crippen LogP contribution in [0.15, 0.2) is 22.3 Å². The molecule has 3 heteroatoms. The highest BCUT2D eigenvalue weighted by Crippen LogP contribution is 2.17. The monoisotopic (exact) mass is 165 g/mol. The van der Waals surface area contributed by atoms with Crippen molar-refractivity contribution < 1.29 is 0 Å². The van der Waals surface area contributed by atoms with Gasteiger partial charge in [0.2, 0.25) is 0 Å². The molecule has 3 nitrogen and oxygen atoms in total. The van der Waals surface area contributed by atoms with Crippen LogP contribution >= 0.6 is 0 Å². The van der Waals surface area contributed by atoms with Crippen molar-refractivity contribution in [3.05, 3.63) is 12.3 Å². The van der Waals surface area contributed by atoms with Gasteiger partial charge in [-0.3, -0.25) is 9.98 Å². The van der Waals surface area contributed by atoms with E-state index in [0.717, 1.165) is 18.9 Å². The first-order chi connectivity index (χ1) is 5.55. The first kappa shape index (κ1) is 8.97. The van der Waals surface area contributed by atoms with Crippen LogP contribution in [0.25, 0.3) is 0 Å². The minimum atomic E-state index is 0.241. The van der Waals surface area contributed by atoms with Crippen molar-refractivity contribution in [2.45, 2.75) is 13.8 Å². The Morgan fingerprint density at radius 3 is 2.75 bits per heavy atom. The third-order valence-electron chi connectivity index (χ3n) is 1.86. The number of aliphatic imine (C=N–C) groups is 2. The van der Waals surface area contributed by atoms with Crippen molar-refractivity contribution in [2.75, 3.05) is 13.1 Å². The summed E-state index contributed by atoms with van der Waals surface area (Å²) >= 11 is 0. The Morgan fingerprint density at radius 2 is 2.33 bits per heavy atom. The molecule has 0 fully saturated rings. The minimum Gasteiger partial charge on any atom is -0.368 e. The Morgan fingerprint density at radius 1 is 1.67 bits per heavy atom. The Kier molecular flexibility index (Phi) is 2.31. The van der Waals surface area contributed by atoms with Crippen LogP contribution in [0.5, 0.6) is 0 Å². The van der Waals surface area contributed by atoms with E-state index in [1.807, 2.05) is 0 Å². The van der Waals surface area contributed by atoms with Gasteiger partial charge in [-0.25, -0.2) is 0 Å². The fourth-order valence-corrected chi connectivity index (χ4v) is 0.996. The van der Waals surface area contributed by atoms with Gasteiger partial charge < -0.3 is 5.32 Å². The molecule has 0 saturated heterocycles. The summed E-state index contributed by atoms with van der Waals surface area (Å²) in [5.74, 6) is 0.782. The maximum absolute atomic E-state index is 4.33. The molecule has 0 bridgehead atoms. The molecule has 1 heterocycles. The van der Waals surface area contributed by atoms with Crippen molar-refractivity contribution in [2.24, 2.45) is 15.4 Å². The number of nitrogens with one attached hydrogen (secondary N) is 1. The van der Waals surface area contributed by atoms with E-state index in [4.69, 9.17) is 0 Å². The SMILES string of the molecule is C=NC(=C)C1=NCC(C)(C)CN1. The topological polar surface area (TPSA) is 36.8 Å². The van der Waals surface area contributed by atoms with Gasteiger partial charge in [0.25, 0.3) is 0 Å². The standard InChI is InChI=1S/C9H15N3/c1-7(10-4)8-11-5-9(2,3)6-12-8/h1,4-6H2,2-3H3,(H,11,12). The predicted molar refractivity (Wildman–Crippen MR) is 52.8 cm³/mol. The summed E-state index contributed by atoms with van der Waals surface area (Å²) in [7, 11) is 0. The van der Waals surface area contributed by atoms with Crippen LogP contribution < -0.4 is 5.32 Å². The van der Waals surface area contributed by atoms with Crippen LogP contribution in [0.3, 0.4) is 0 Å². The number of nitrogens with zero attached hydrogens (tertiary/aromatic N) is 2. The van der Waals surface area contributed by atoms with Crippen LogP contribution in [0.2, 0.25) is 0 Å². The molecule has 0 atom stereocenters. The lowest BCUT2D eigenvalue weighted by Crippen LogP contribution is -2.41. The number of hydrogen-bond acceptors (Lipinski definition) is 3. The minimum absolute atomic E-state index is 0.241. The van der Waals surface area contributed by atoms with Crippen molar-refractivity contribution in [1.82, 2.24) is 5.32 Å². The molecule has 0 aromatic carbocycles. The maximum atomic E-state index is 4.33. The molecule has 0 amide bonds. The molecule has 1 aliphatic rings. The largest absolute Gasteiger partial charge is 0.368 e. The summed E-state index contributed by atoms with van der Waals surface area (Å²) in [5.41, 5.74) is 0.871. The zero-order chi connectivity index (χ0) is 9.19. The smallest absolute Gasteiger partial charge is 0.146 e. The predicted octanol–water partition coefficient (Wildman–Crippen LogP) is 1.23. The fourth-order valence-electron chi connectivity index (χ4n) is 0.996. The molecule has 0 aromatic rings. The number of rotatable bonds is 2. The quantitative estimate of drug-likeness (QED) is 0.614.